The quantitative estimate of drug-likeness (QED) is 0.377. The Morgan fingerprint density at radius 2 is 2.50 bits per heavy atom. The van der Waals surface area contributed by atoms with E-state index in [0.29, 0.717) is 0 Å². The number of H-pyrrole nitrogens is 1. The van der Waals surface area contributed by atoms with Crippen LogP contribution in [0, 0.1) is 0 Å². The molecule has 2 N–H and O–H groups in total. The van der Waals surface area contributed by atoms with Gasteiger partial charge < -0.3 is 10.2 Å². The summed E-state index contributed by atoms with van der Waals surface area (Å²) in [6.07, 6.45) is 4.80. The van der Waals surface area contributed by atoms with Crippen LogP contribution < -0.4 is 0 Å². The van der Waals surface area contributed by atoms with Crippen molar-refractivity contribution in [1.29, 1.82) is 0 Å². The molecular weight excluding hydrogens is 154 g/mol. The minimum Gasteiger partial charge on any atom is -0.411 e. The minimum atomic E-state index is 0.764. The Balaban J connectivity index is 2.62. The van der Waals surface area contributed by atoms with Crippen LogP contribution in [0.2, 0.25) is 0 Å². The largest absolute Gasteiger partial charge is 0.411 e. The normalized spacial score (nSPS) is 11.3. The number of oxime groups is 1. The molecule has 0 fully saturated rings. The molecule has 0 aliphatic heterocycles. The van der Waals surface area contributed by atoms with Crippen LogP contribution in [-0.2, 0) is 0 Å². The lowest BCUT2D eigenvalue weighted by Crippen LogP contribution is -1.77. The van der Waals surface area contributed by atoms with Crippen LogP contribution in [0.15, 0.2) is 29.7 Å². The average molecular weight is 161 g/mol. The van der Waals surface area contributed by atoms with E-state index in [9.17, 15) is 0 Å². The van der Waals surface area contributed by atoms with Crippen molar-refractivity contribution in [2.24, 2.45) is 5.16 Å². The highest BCUT2D eigenvalue weighted by Gasteiger charge is 1.96. The van der Waals surface area contributed by atoms with Crippen LogP contribution in [0.1, 0.15) is 5.69 Å². The fourth-order valence-corrected chi connectivity index (χ4v) is 1.13. The molecular formula is C8H7N3O. The second-order valence-corrected chi connectivity index (χ2v) is 2.43. The van der Waals surface area contributed by atoms with Gasteiger partial charge in [-0.1, -0.05) is 5.16 Å². The zero-order chi connectivity index (χ0) is 8.39. The Morgan fingerprint density at radius 3 is 3.25 bits per heavy atom. The third kappa shape index (κ3) is 1.03. The summed E-state index contributed by atoms with van der Waals surface area (Å²) in [7, 11) is 0. The molecule has 2 aromatic heterocycles. The van der Waals surface area contributed by atoms with E-state index in [4.69, 9.17) is 5.21 Å². The lowest BCUT2D eigenvalue weighted by molar-refractivity contribution is 0.321. The average Bonchev–Trinajstić information content (AvgIpc) is 2.47. The maximum absolute atomic E-state index is 8.28. The second kappa shape index (κ2) is 2.65. The lowest BCUT2D eigenvalue weighted by atomic mass is 10.3. The topological polar surface area (TPSA) is 61.3 Å². The summed E-state index contributed by atoms with van der Waals surface area (Å²) < 4.78 is 0. The van der Waals surface area contributed by atoms with E-state index in [2.05, 4.69) is 15.1 Å². The predicted molar refractivity (Wildman–Crippen MR) is 45.5 cm³/mol. The molecule has 12 heavy (non-hydrogen) atoms. The SMILES string of the molecule is O/N=C/c1cc2cnccc2[nH]1. The fourth-order valence-electron chi connectivity index (χ4n) is 1.13. The van der Waals surface area contributed by atoms with Gasteiger partial charge in [-0.05, 0) is 12.1 Å². The molecule has 2 rings (SSSR count). The number of hydrogen-bond acceptors (Lipinski definition) is 3. The Bertz CT molecular complexity index is 386. The molecule has 0 amide bonds. The zero-order valence-corrected chi connectivity index (χ0v) is 6.23. The first-order valence-electron chi connectivity index (χ1n) is 3.50. The summed E-state index contributed by atoms with van der Waals surface area (Å²) in [6.45, 7) is 0. The molecule has 2 heterocycles. The van der Waals surface area contributed by atoms with Crippen molar-refractivity contribution >= 4 is 17.1 Å². The number of fused-ring (bicyclic) bond motifs is 1. The molecule has 4 heteroatoms. The number of aromatic nitrogens is 2. The van der Waals surface area contributed by atoms with Crippen LogP contribution in [-0.4, -0.2) is 21.4 Å². The van der Waals surface area contributed by atoms with Gasteiger partial charge in [0.2, 0.25) is 0 Å². The molecule has 0 spiro atoms. The molecule has 0 aliphatic rings. The zero-order valence-electron chi connectivity index (χ0n) is 6.23. The van der Waals surface area contributed by atoms with Gasteiger partial charge in [0.25, 0.3) is 0 Å². The van der Waals surface area contributed by atoms with Gasteiger partial charge in [-0.15, -0.1) is 0 Å². The Kier molecular flexibility index (Phi) is 1.51. The number of nitrogens with one attached hydrogen (secondary N) is 1. The van der Waals surface area contributed by atoms with Gasteiger partial charge in [0.1, 0.15) is 0 Å². The van der Waals surface area contributed by atoms with Crippen molar-refractivity contribution in [2.45, 2.75) is 0 Å². The summed E-state index contributed by atoms with van der Waals surface area (Å²) in [5.74, 6) is 0. The Morgan fingerprint density at radius 1 is 1.58 bits per heavy atom. The molecule has 0 radical (unpaired) electrons. The van der Waals surface area contributed by atoms with Crippen LogP contribution >= 0.6 is 0 Å². The smallest absolute Gasteiger partial charge is 0.0896 e. The summed E-state index contributed by atoms with van der Waals surface area (Å²) in [5, 5.41) is 12.2. The first kappa shape index (κ1) is 6.84. The van der Waals surface area contributed by atoms with Crippen molar-refractivity contribution in [3.05, 3.63) is 30.2 Å². The monoisotopic (exact) mass is 161 g/mol. The van der Waals surface area contributed by atoms with Crippen molar-refractivity contribution in [3.63, 3.8) is 0 Å². The van der Waals surface area contributed by atoms with Crippen molar-refractivity contribution in [2.75, 3.05) is 0 Å². The third-order valence-electron chi connectivity index (χ3n) is 1.64. The maximum atomic E-state index is 8.28. The van der Waals surface area contributed by atoms with Gasteiger partial charge in [0.15, 0.2) is 0 Å². The molecule has 0 saturated carbocycles. The predicted octanol–water partition coefficient (Wildman–Crippen LogP) is 1.37. The first-order valence-corrected chi connectivity index (χ1v) is 3.50. The van der Waals surface area contributed by atoms with Crippen molar-refractivity contribution in [1.82, 2.24) is 9.97 Å². The standard InChI is InChI=1S/C8H7N3O/c12-10-5-7-3-6-4-9-2-1-8(6)11-7/h1-5,11-12H/b10-5+. The van der Waals surface area contributed by atoms with E-state index in [-0.39, 0.29) is 0 Å². The van der Waals surface area contributed by atoms with Gasteiger partial charge in [-0.2, -0.15) is 0 Å². The van der Waals surface area contributed by atoms with Crippen LogP contribution in [0.3, 0.4) is 0 Å². The molecule has 0 aliphatic carbocycles. The summed E-state index contributed by atoms with van der Waals surface area (Å²) >= 11 is 0. The molecule has 4 nitrogen and oxygen atoms in total. The first-order chi connectivity index (χ1) is 5.90. The molecule has 0 saturated heterocycles. The molecule has 2 aromatic rings. The highest BCUT2D eigenvalue weighted by molar-refractivity contribution is 5.88. The van der Waals surface area contributed by atoms with Crippen LogP contribution in [0.5, 0.6) is 0 Å². The number of aromatic amines is 1. The number of hydrogen-bond donors (Lipinski definition) is 2. The number of rotatable bonds is 1. The number of pyridine rings is 1. The minimum absolute atomic E-state index is 0.764. The van der Waals surface area contributed by atoms with Gasteiger partial charge in [-0.3, -0.25) is 4.98 Å². The van der Waals surface area contributed by atoms with Gasteiger partial charge in [0.05, 0.1) is 11.9 Å². The van der Waals surface area contributed by atoms with E-state index in [1.807, 2.05) is 12.1 Å². The fraction of sp³-hybridized carbons (Fsp3) is 0. The highest BCUT2D eigenvalue weighted by atomic mass is 16.4. The van der Waals surface area contributed by atoms with Gasteiger partial charge in [-0.25, -0.2) is 0 Å². The van der Waals surface area contributed by atoms with E-state index < -0.39 is 0 Å². The van der Waals surface area contributed by atoms with E-state index >= 15 is 0 Å². The van der Waals surface area contributed by atoms with Crippen LogP contribution in [0.4, 0.5) is 0 Å². The van der Waals surface area contributed by atoms with Crippen LogP contribution in [0.25, 0.3) is 10.9 Å². The summed E-state index contributed by atoms with van der Waals surface area (Å²) in [5.41, 5.74) is 1.75. The summed E-state index contributed by atoms with van der Waals surface area (Å²) in [6, 6.07) is 3.73. The third-order valence-corrected chi connectivity index (χ3v) is 1.64. The molecule has 0 aromatic carbocycles. The van der Waals surface area contributed by atoms with E-state index in [1.54, 1.807) is 12.4 Å². The van der Waals surface area contributed by atoms with Gasteiger partial charge in [0, 0.05) is 23.3 Å². The van der Waals surface area contributed by atoms with Gasteiger partial charge >= 0.3 is 0 Å². The lowest BCUT2D eigenvalue weighted by Gasteiger charge is -1.83. The molecule has 60 valence electrons. The molecule has 0 bridgehead atoms. The van der Waals surface area contributed by atoms with E-state index in [0.717, 1.165) is 16.6 Å². The highest BCUT2D eigenvalue weighted by Crippen LogP contribution is 2.11. The van der Waals surface area contributed by atoms with Crippen molar-refractivity contribution < 1.29 is 5.21 Å². The Hall–Kier alpha value is -1.84. The summed E-state index contributed by atoms with van der Waals surface area (Å²) in [4.78, 5) is 7.01. The maximum Gasteiger partial charge on any atom is 0.0896 e. The molecule has 0 atom stereocenters. The van der Waals surface area contributed by atoms with Crippen molar-refractivity contribution in [3.8, 4) is 0 Å². The second-order valence-electron chi connectivity index (χ2n) is 2.43. The Labute approximate surface area is 68.6 Å². The number of nitrogens with zero attached hydrogens (tertiary/aromatic N) is 2. The molecule has 0 unspecified atom stereocenters. The van der Waals surface area contributed by atoms with E-state index in [1.165, 1.54) is 6.21 Å².